The van der Waals surface area contributed by atoms with Crippen LogP contribution in [0.1, 0.15) is 52.5 Å². The van der Waals surface area contributed by atoms with Gasteiger partial charge in [0.15, 0.2) is 5.76 Å². The molecule has 1 fully saturated rings. The standard InChI is InChI=1S/C15H25N3O3/c1-7-10-12(9(2)18-20-10)17-13(19)16-11-8-14(3,4)21-15(11,5)6/h11H,7-8H2,1-6H3,(H2,16,17,19)/t11-/m0/s1. The second-order valence-electron chi connectivity index (χ2n) is 6.74. The summed E-state index contributed by atoms with van der Waals surface area (Å²) in [6.07, 6.45) is 1.46. The maximum Gasteiger partial charge on any atom is 0.319 e. The van der Waals surface area contributed by atoms with Crippen molar-refractivity contribution < 1.29 is 14.1 Å². The van der Waals surface area contributed by atoms with Gasteiger partial charge < -0.3 is 19.9 Å². The maximum absolute atomic E-state index is 12.2. The van der Waals surface area contributed by atoms with Gasteiger partial charge in [0, 0.05) is 6.42 Å². The normalized spacial score (nSPS) is 23.0. The van der Waals surface area contributed by atoms with E-state index in [1.165, 1.54) is 0 Å². The molecule has 0 spiro atoms. The van der Waals surface area contributed by atoms with E-state index < -0.39 is 5.60 Å². The van der Waals surface area contributed by atoms with E-state index in [-0.39, 0.29) is 17.7 Å². The molecule has 2 rings (SSSR count). The predicted octanol–water partition coefficient (Wildman–Crippen LogP) is 3.01. The van der Waals surface area contributed by atoms with Gasteiger partial charge in [-0.1, -0.05) is 12.1 Å². The molecule has 21 heavy (non-hydrogen) atoms. The summed E-state index contributed by atoms with van der Waals surface area (Å²) < 4.78 is 11.2. The Kier molecular flexibility index (Phi) is 4.02. The van der Waals surface area contributed by atoms with Crippen molar-refractivity contribution in [2.75, 3.05) is 5.32 Å². The Balaban J connectivity index is 2.04. The average molecular weight is 295 g/mol. The maximum atomic E-state index is 12.2. The van der Waals surface area contributed by atoms with Crippen molar-refractivity contribution in [1.29, 1.82) is 0 Å². The number of hydrogen-bond acceptors (Lipinski definition) is 4. The first kappa shape index (κ1) is 15.8. The van der Waals surface area contributed by atoms with E-state index in [2.05, 4.69) is 15.8 Å². The van der Waals surface area contributed by atoms with Crippen LogP contribution in [0.5, 0.6) is 0 Å². The molecule has 0 bridgehead atoms. The highest BCUT2D eigenvalue weighted by atomic mass is 16.5. The summed E-state index contributed by atoms with van der Waals surface area (Å²) in [6, 6.07) is -0.298. The number of carbonyl (C=O) groups excluding carboxylic acids is 1. The smallest absolute Gasteiger partial charge is 0.319 e. The number of aryl methyl sites for hydroxylation is 2. The van der Waals surface area contributed by atoms with E-state index in [0.29, 0.717) is 23.6 Å². The number of anilines is 1. The molecule has 1 saturated heterocycles. The second kappa shape index (κ2) is 5.33. The van der Waals surface area contributed by atoms with Crippen LogP contribution < -0.4 is 10.6 Å². The van der Waals surface area contributed by atoms with Crippen LogP contribution in [0.2, 0.25) is 0 Å². The fourth-order valence-electron chi connectivity index (χ4n) is 2.91. The summed E-state index contributed by atoms with van der Waals surface area (Å²) in [6.45, 7) is 11.8. The van der Waals surface area contributed by atoms with Crippen LogP contribution in [0, 0.1) is 6.92 Å². The van der Waals surface area contributed by atoms with Gasteiger partial charge in [-0.3, -0.25) is 0 Å². The molecule has 6 heteroatoms. The lowest BCUT2D eigenvalue weighted by molar-refractivity contribution is -0.0689. The third-order valence-corrected chi connectivity index (χ3v) is 3.87. The fourth-order valence-corrected chi connectivity index (χ4v) is 2.91. The third-order valence-electron chi connectivity index (χ3n) is 3.87. The molecule has 0 aromatic carbocycles. The van der Waals surface area contributed by atoms with Crippen molar-refractivity contribution in [3.63, 3.8) is 0 Å². The molecule has 6 nitrogen and oxygen atoms in total. The van der Waals surface area contributed by atoms with Gasteiger partial charge in [0.2, 0.25) is 0 Å². The second-order valence-corrected chi connectivity index (χ2v) is 6.74. The number of carbonyl (C=O) groups is 1. The first-order valence-corrected chi connectivity index (χ1v) is 7.37. The molecule has 1 aromatic heterocycles. The van der Waals surface area contributed by atoms with Crippen molar-refractivity contribution in [1.82, 2.24) is 10.5 Å². The number of amides is 2. The Labute approximate surface area is 125 Å². The van der Waals surface area contributed by atoms with Crippen molar-refractivity contribution >= 4 is 11.7 Å². The number of hydrogen-bond donors (Lipinski definition) is 2. The van der Waals surface area contributed by atoms with Gasteiger partial charge in [-0.15, -0.1) is 0 Å². The van der Waals surface area contributed by atoms with Crippen molar-refractivity contribution in [3.8, 4) is 0 Å². The molecule has 1 aromatic rings. The summed E-state index contributed by atoms with van der Waals surface area (Å²) in [7, 11) is 0. The number of nitrogens with one attached hydrogen (secondary N) is 2. The van der Waals surface area contributed by atoms with Gasteiger partial charge in [0.1, 0.15) is 11.4 Å². The lowest BCUT2D eigenvalue weighted by atomic mass is 9.95. The van der Waals surface area contributed by atoms with Crippen molar-refractivity contribution in [2.24, 2.45) is 0 Å². The van der Waals surface area contributed by atoms with Gasteiger partial charge >= 0.3 is 6.03 Å². The minimum atomic E-state index is -0.391. The summed E-state index contributed by atoms with van der Waals surface area (Å²) in [4.78, 5) is 12.2. The van der Waals surface area contributed by atoms with Gasteiger partial charge in [0.25, 0.3) is 0 Å². The molecule has 0 radical (unpaired) electrons. The molecule has 0 aliphatic carbocycles. The Hall–Kier alpha value is -1.56. The zero-order valence-electron chi connectivity index (χ0n) is 13.7. The molecule has 0 unspecified atom stereocenters. The van der Waals surface area contributed by atoms with E-state index >= 15 is 0 Å². The van der Waals surface area contributed by atoms with Gasteiger partial charge in [-0.25, -0.2) is 4.79 Å². The van der Waals surface area contributed by atoms with Gasteiger partial charge in [-0.05, 0) is 41.0 Å². The molecule has 2 N–H and O–H groups in total. The Morgan fingerprint density at radius 3 is 2.57 bits per heavy atom. The molecule has 0 saturated carbocycles. The van der Waals surface area contributed by atoms with E-state index in [1.807, 2.05) is 41.5 Å². The molecule has 1 aliphatic heterocycles. The third kappa shape index (κ3) is 3.37. The topological polar surface area (TPSA) is 76.4 Å². The Bertz CT molecular complexity index is 534. The minimum absolute atomic E-state index is 0.0438. The number of nitrogens with zero attached hydrogens (tertiary/aromatic N) is 1. The van der Waals surface area contributed by atoms with Crippen LogP contribution in [-0.4, -0.2) is 28.4 Å². The van der Waals surface area contributed by atoms with E-state index in [9.17, 15) is 4.79 Å². The lowest BCUT2D eigenvalue weighted by Gasteiger charge is -2.27. The van der Waals surface area contributed by atoms with Crippen LogP contribution in [0.15, 0.2) is 4.52 Å². The van der Waals surface area contributed by atoms with E-state index in [1.54, 1.807) is 0 Å². The summed E-state index contributed by atoms with van der Waals surface area (Å²) >= 11 is 0. The monoisotopic (exact) mass is 295 g/mol. The highest BCUT2D eigenvalue weighted by molar-refractivity contribution is 5.90. The van der Waals surface area contributed by atoms with Gasteiger partial charge in [-0.2, -0.15) is 0 Å². The van der Waals surface area contributed by atoms with E-state index in [0.717, 1.165) is 6.42 Å². The zero-order chi connectivity index (χ0) is 15.8. The fraction of sp³-hybridized carbons (Fsp3) is 0.733. The zero-order valence-corrected chi connectivity index (χ0v) is 13.7. The van der Waals surface area contributed by atoms with Crippen molar-refractivity contribution in [3.05, 3.63) is 11.5 Å². The van der Waals surface area contributed by atoms with Crippen molar-refractivity contribution in [2.45, 2.75) is 71.6 Å². The molecule has 1 atom stereocenters. The van der Waals surface area contributed by atoms with Crippen LogP contribution in [0.4, 0.5) is 10.5 Å². The van der Waals surface area contributed by atoms with Crippen LogP contribution in [0.3, 0.4) is 0 Å². The molecule has 1 aliphatic rings. The van der Waals surface area contributed by atoms with Gasteiger partial charge in [0.05, 0.1) is 17.2 Å². The molecule has 2 amide bonds. The molecule has 2 heterocycles. The first-order valence-electron chi connectivity index (χ1n) is 7.37. The number of rotatable bonds is 3. The largest absolute Gasteiger partial charge is 0.367 e. The quantitative estimate of drug-likeness (QED) is 0.898. The predicted molar refractivity (Wildman–Crippen MR) is 80.4 cm³/mol. The number of urea groups is 1. The summed E-state index contributed by atoms with van der Waals surface area (Å²) in [5.74, 6) is 0.685. The Morgan fingerprint density at radius 2 is 2.05 bits per heavy atom. The molecular weight excluding hydrogens is 270 g/mol. The molecule has 118 valence electrons. The van der Waals surface area contributed by atoms with Crippen LogP contribution in [-0.2, 0) is 11.2 Å². The summed E-state index contributed by atoms with van der Waals surface area (Å²) in [5, 5.41) is 9.72. The number of ether oxygens (including phenoxy) is 1. The summed E-state index contributed by atoms with van der Waals surface area (Å²) in [5.41, 5.74) is 0.719. The highest BCUT2D eigenvalue weighted by Gasteiger charge is 2.46. The first-order chi connectivity index (χ1) is 9.64. The van der Waals surface area contributed by atoms with Crippen LogP contribution >= 0.6 is 0 Å². The lowest BCUT2D eigenvalue weighted by Crippen LogP contribution is -2.47. The Morgan fingerprint density at radius 1 is 1.38 bits per heavy atom. The molecular formula is C15H25N3O3. The number of aromatic nitrogens is 1. The highest BCUT2D eigenvalue weighted by Crippen LogP contribution is 2.37. The minimum Gasteiger partial charge on any atom is -0.367 e. The van der Waals surface area contributed by atoms with Crippen LogP contribution in [0.25, 0.3) is 0 Å². The van der Waals surface area contributed by atoms with E-state index in [4.69, 9.17) is 9.26 Å². The average Bonchev–Trinajstić information content (AvgIpc) is 2.77. The SMILES string of the molecule is CCc1onc(C)c1NC(=O)N[C@H]1CC(C)(C)OC1(C)C.